The fraction of sp³-hybridized carbons (Fsp3) is 0.571. The Labute approximate surface area is 122 Å². The number of aromatic nitrogens is 1. The highest BCUT2D eigenvalue weighted by Gasteiger charge is 2.13. The summed E-state index contributed by atoms with van der Waals surface area (Å²) >= 11 is 3.24. The third-order valence-corrected chi connectivity index (χ3v) is 3.75. The number of ether oxygens (including phenoxy) is 1. The van der Waals surface area contributed by atoms with Crippen molar-refractivity contribution in [3.63, 3.8) is 0 Å². The van der Waals surface area contributed by atoms with Crippen molar-refractivity contribution >= 4 is 21.8 Å². The van der Waals surface area contributed by atoms with Gasteiger partial charge in [-0.25, -0.2) is 4.98 Å². The molecule has 0 atom stereocenters. The van der Waals surface area contributed by atoms with Crippen molar-refractivity contribution in [3.8, 4) is 0 Å². The maximum atomic E-state index is 11.8. The van der Waals surface area contributed by atoms with Gasteiger partial charge >= 0.3 is 0 Å². The lowest BCUT2D eigenvalue weighted by atomic mass is 9.98. The molecule has 1 aromatic rings. The molecule has 0 aliphatic heterocycles. The predicted octanol–water partition coefficient (Wildman–Crippen LogP) is 2.92. The largest absolute Gasteiger partial charge is 0.376 e. The molecule has 2 rings (SSSR count). The fourth-order valence-corrected chi connectivity index (χ4v) is 2.47. The summed E-state index contributed by atoms with van der Waals surface area (Å²) < 4.78 is 6.48. The average molecular weight is 327 g/mol. The van der Waals surface area contributed by atoms with E-state index < -0.39 is 0 Å². The number of carbonyl (C=O) groups is 1. The van der Waals surface area contributed by atoms with Crippen molar-refractivity contribution in [3.05, 3.63) is 28.5 Å². The topological polar surface area (TPSA) is 51.2 Å². The molecule has 4 nitrogen and oxygen atoms in total. The average Bonchev–Trinajstić information content (AvgIpc) is 2.45. The van der Waals surface area contributed by atoms with Crippen LogP contribution in [0, 0.1) is 0 Å². The number of hydrogen-bond acceptors (Lipinski definition) is 3. The first-order chi connectivity index (χ1) is 9.25. The summed E-state index contributed by atoms with van der Waals surface area (Å²) in [5.41, 5.74) is 0.570. The molecule has 1 heterocycles. The van der Waals surface area contributed by atoms with E-state index in [1.165, 1.54) is 19.3 Å². The minimum atomic E-state index is -0.104. The van der Waals surface area contributed by atoms with Crippen LogP contribution in [0.1, 0.15) is 42.5 Å². The van der Waals surface area contributed by atoms with Gasteiger partial charge in [0.05, 0.1) is 18.3 Å². The van der Waals surface area contributed by atoms with Crippen LogP contribution < -0.4 is 5.32 Å². The molecule has 0 radical (unpaired) electrons. The summed E-state index contributed by atoms with van der Waals surface area (Å²) in [5.74, 6) is -0.104. The van der Waals surface area contributed by atoms with E-state index in [2.05, 4.69) is 26.2 Å². The fourth-order valence-electron chi connectivity index (χ4n) is 2.23. The molecular formula is C14H19BrN2O2. The number of nitrogens with zero attached hydrogens (tertiary/aromatic N) is 1. The molecule has 0 saturated heterocycles. The van der Waals surface area contributed by atoms with Crippen molar-refractivity contribution in [1.29, 1.82) is 0 Å². The summed E-state index contributed by atoms with van der Waals surface area (Å²) in [5, 5.41) is 2.84. The second-order valence-corrected chi connectivity index (χ2v) is 5.57. The maximum absolute atomic E-state index is 11.8. The van der Waals surface area contributed by atoms with Gasteiger partial charge in [-0.1, -0.05) is 19.3 Å². The Morgan fingerprint density at radius 3 is 2.84 bits per heavy atom. The van der Waals surface area contributed by atoms with Gasteiger partial charge in [0.25, 0.3) is 5.91 Å². The third kappa shape index (κ3) is 4.91. The van der Waals surface area contributed by atoms with Crippen molar-refractivity contribution in [2.45, 2.75) is 38.2 Å². The van der Waals surface area contributed by atoms with Crippen molar-refractivity contribution in [1.82, 2.24) is 10.3 Å². The van der Waals surface area contributed by atoms with E-state index in [-0.39, 0.29) is 5.91 Å². The third-order valence-electron chi connectivity index (χ3n) is 3.28. The van der Waals surface area contributed by atoms with Crippen LogP contribution in [0.5, 0.6) is 0 Å². The first-order valence-electron chi connectivity index (χ1n) is 6.77. The molecule has 1 amide bonds. The highest BCUT2D eigenvalue weighted by Crippen LogP contribution is 2.19. The maximum Gasteiger partial charge on any atom is 0.252 e. The van der Waals surface area contributed by atoms with Crippen LogP contribution >= 0.6 is 15.9 Å². The second-order valence-electron chi connectivity index (χ2n) is 4.76. The van der Waals surface area contributed by atoms with E-state index in [4.69, 9.17) is 4.74 Å². The standard InChI is InChI=1S/C14H19BrN2O2/c15-13-7-6-11(10-17-13)14(18)16-8-9-19-12-4-2-1-3-5-12/h6-7,10,12H,1-5,8-9H2,(H,16,18). The molecule has 0 unspecified atom stereocenters. The molecule has 0 aromatic carbocycles. The molecule has 5 heteroatoms. The van der Waals surface area contributed by atoms with Crippen molar-refractivity contribution < 1.29 is 9.53 Å². The van der Waals surface area contributed by atoms with E-state index in [1.54, 1.807) is 18.3 Å². The van der Waals surface area contributed by atoms with Gasteiger partial charge in [0.15, 0.2) is 0 Å². The zero-order valence-corrected chi connectivity index (χ0v) is 12.5. The van der Waals surface area contributed by atoms with Gasteiger partial charge in [-0.3, -0.25) is 4.79 Å². The number of amides is 1. The molecule has 1 aromatic heterocycles. The van der Waals surface area contributed by atoms with Crippen molar-refractivity contribution in [2.24, 2.45) is 0 Å². The summed E-state index contributed by atoms with van der Waals surface area (Å²) in [7, 11) is 0. The Kier molecular flexibility index (Phi) is 5.79. The van der Waals surface area contributed by atoms with E-state index in [9.17, 15) is 4.79 Å². The first kappa shape index (κ1) is 14.5. The molecular weight excluding hydrogens is 308 g/mol. The van der Waals surface area contributed by atoms with Gasteiger partial charge < -0.3 is 10.1 Å². The summed E-state index contributed by atoms with van der Waals surface area (Å²) in [6, 6.07) is 3.50. The van der Waals surface area contributed by atoms with Gasteiger partial charge in [0.1, 0.15) is 4.60 Å². The molecule has 1 fully saturated rings. The van der Waals surface area contributed by atoms with Gasteiger partial charge in [0.2, 0.25) is 0 Å². The Morgan fingerprint density at radius 1 is 1.37 bits per heavy atom. The monoisotopic (exact) mass is 326 g/mol. The van der Waals surface area contributed by atoms with E-state index >= 15 is 0 Å². The minimum absolute atomic E-state index is 0.104. The highest BCUT2D eigenvalue weighted by molar-refractivity contribution is 9.10. The van der Waals surface area contributed by atoms with E-state index in [0.29, 0.717) is 24.8 Å². The Bertz CT molecular complexity index is 402. The summed E-state index contributed by atoms with van der Waals surface area (Å²) in [4.78, 5) is 15.8. The van der Waals surface area contributed by atoms with Crippen LogP contribution in [0.3, 0.4) is 0 Å². The summed E-state index contributed by atoms with van der Waals surface area (Å²) in [6.07, 6.45) is 8.12. The predicted molar refractivity (Wildman–Crippen MR) is 77.1 cm³/mol. The van der Waals surface area contributed by atoms with Crippen LogP contribution in [-0.4, -0.2) is 30.1 Å². The first-order valence-corrected chi connectivity index (χ1v) is 7.56. The molecule has 0 spiro atoms. The van der Waals surface area contributed by atoms with Crippen LogP contribution in [0.4, 0.5) is 0 Å². The number of carbonyl (C=O) groups excluding carboxylic acids is 1. The highest BCUT2D eigenvalue weighted by atomic mass is 79.9. The van der Waals surface area contributed by atoms with E-state index in [0.717, 1.165) is 17.4 Å². The Balaban J connectivity index is 1.64. The lowest BCUT2D eigenvalue weighted by Crippen LogP contribution is -2.29. The molecule has 19 heavy (non-hydrogen) atoms. The zero-order chi connectivity index (χ0) is 13.5. The lowest BCUT2D eigenvalue weighted by Gasteiger charge is -2.21. The van der Waals surface area contributed by atoms with Crippen molar-refractivity contribution in [2.75, 3.05) is 13.2 Å². The van der Waals surface area contributed by atoms with Gasteiger partial charge in [-0.15, -0.1) is 0 Å². The molecule has 1 N–H and O–H groups in total. The molecule has 0 bridgehead atoms. The number of rotatable bonds is 5. The van der Waals surface area contributed by atoms with Crippen LogP contribution in [0.2, 0.25) is 0 Å². The quantitative estimate of drug-likeness (QED) is 0.668. The smallest absolute Gasteiger partial charge is 0.252 e. The molecule has 104 valence electrons. The molecule has 1 aliphatic rings. The Hall–Kier alpha value is -0.940. The number of hydrogen-bond donors (Lipinski definition) is 1. The van der Waals surface area contributed by atoms with Crippen LogP contribution in [0.15, 0.2) is 22.9 Å². The van der Waals surface area contributed by atoms with Crippen LogP contribution in [0.25, 0.3) is 0 Å². The molecule has 1 saturated carbocycles. The zero-order valence-electron chi connectivity index (χ0n) is 10.9. The SMILES string of the molecule is O=C(NCCOC1CCCCC1)c1ccc(Br)nc1. The second kappa shape index (κ2) is 7.60. The van der Waals surface area contributed by atoms with Crippen LogP contribution in [-0.2, 0) is 4.74 Å². The number of pyridine rings is 1. The van der Waals surface area contributed by atoms with E-state index in [1.807, 2.05) is 0 Å². The number of halogens is 1. The minimum Gasteiger partial charge on any atom is -0.376 e. The Morgan fingerprint density at radius 2 is 2.16 bits per heavy atom. The van der Waals surface area contributed by atoms with Gasteiger partial charge in [-0.05, 0) is 40.9 Å². The van der Waals surface area contributed by atoms with Gasteiger partial charge in [-0.2, -0.15) is 0 Å². The molecule has 1 aliphatic carbocycles. The summed E-state index contributed by atoms with van der Waals surface area (Å²) in [6.45, 7) is 1.13. The van der Waals surface area contributed by atoms with Gasteiger partial charge in [0, 0.05) is 12.7 Å². The normalized spacial score (nSPS) is 16.3. The number of nitrogens with one attached hydrogen (secondary N) is 1. The lowest BCUT2D eigenvalue weighted by molar-refractivity contribution is 0.0299.